The van der Waals surface area contributed by atoms with Crippen LogP contribution in [0.3, 0.4) is 0 Å². The van der Waals surface area contributed by atoms with Crippen LogP contribution >= 0.6 is 0 Å². The second-order valence-electron chi connectivity index (χ2n) is 8.51. The average molecular weight is 389 g/mol. The summed E-state index contributed by atoms with van der Waals surface area (Å²) in [6.07, 6.45) is 0. The van der Waals surface area contributed by atoms with Gasteiger partial charge in [-0.1, -0.05) is 86.6 Å². The smallest absolute Gasteiger partial charge is 0.122 e. The van der Waals surface area contributed by atoms with E-state index in [1.165, 1.54) is 33.4 Å². The monoisotopic (exact) mass is 388 g/mol. The molecule has 0 heterocycles. The van der Waals surface area contributed by atoms with Gasteiger partial charge in [0, 0.05) is 11.0 Å². The van der Waals surface area contributed by atoms with Gasteiger partial charge in [0.2, 0.25) is 0 Å². The summed E-state index contributed by atoms with van der Waals surface area (Å²) in [6, 6.07) is 32.0. The maximum atomic E-state index is 7.71. The first-order valence-corrected chi connectivity index (χ1v) is 10.2. The molecule has 1 aliphatic rings. The van der Waals surface area contributed by atoms with Crippen LogP contribution in [0.4, 0.5) is 0 Å². The second kappa shape index (κ2) is 6.70. The van der Waals surface area contributed by atoms with Crippen molar-refractivity contribution in [2.75, 3.05) is 0 Å². The summed E-state index contributed by atoms with van der Waals surface area (Å²) in [6.45, 7) is 4.62. The SMILES string of the molecule is CC1(C)c2ccccc2-c2ccc(-c3cccc(-c4cccc(C(=N)N)c4)c3)cc21. The van der Waals surface area contributed by atoms with Crippen LogP contribution in [0.2, 0.25) is 0 Å². The molecule has 0 bridgehead atoms. The highest BCUT2D eigenvalue weighted by atomic mass is 14.7. The first kappa shape index (κ1) is 18.4. The Morgan fingerprint density at radius 1 is 0.633 bits per heavy atom. The van der Waals surface area contributed by atoms with Crippen LogP contribution in [0.1, 0.15) is 30.5 Å². The summed E-state index contributed by atoms with van der Waals surface area (Å²) >= 11 is 0. The highest BCUT2D eigenvalue weighted by Crippen LogP contribution is 2.49. The van der Waals surface area contributed by atoms with Crippen molar-refractivity contribution in [3.05, 3.63) is 108 Å². The molecule has 0 amide bonds. The Morgan fingerprint density at radius 3 is 1.97 bits per heavy atom. The van der Waals surface area contributed by atoms with E-state index in [4.69, 9.17) is 11.1 Å². The minimum atomic E-state index is -0.00460. The molecule has 5 rings (SSSR count). The lowest BCUT2D eigenvalue weighted by molar-refractivity contribution is 0.660. The minimum Gasteiger partial charge on any atom is -0.384 e. The van der Waals surface area contributed by atoms with Crippen LogP contribution in [0.5, 0.6) is 0 Å². The van der Waals surface area contributed by atoms with Gasteiger partial charge >= 0.3 is 0 Å². The lowest BCUT2D eigenvalue weighted by atomic mass is 9.81. The number of benzene rings is 4. The Bertz CT molecular complexity index is 1300. The molecular weight excluding hydrogens is 364 g/mol. The van der Waals surface area contributed by atoms with E-state index in [0.717, 1.165) is 16.7 Å². The van der Waals surface area contributed by atoms with E-state index in [2.05, 4.69) is 86.6 Å². The zero-order valence-corrected chi connectivity index (χ0v) is 17.2. The first-order valence-electron chi connectivity index (χ1n) is 10.2. The second-order valence-corrected chi connectivity index (χ2v) is 8.51. The summed E-state index contributed by atoms with van der Waals surface area (Å²) in [5.74, 6) is 0.0911. The molecule has 30 heavy (non-hydrogen) atoms. The molecule has 0 aromatic heterocycles. The maximum absolute atomic E-state index is 7.71. The molecule has 2 nitrogen and oxygen atoms in total. The van der Waals surface area contributed by atoms with Crippen molar-refractivity contribution in [1.29, 1.82) is 5.41 Å². The summed E-state index contributed by atoms with van der Waals surface area (Å²) in [4.78, 5) is 0. The predicted molar refractivity (Wildman–Crippen MR) is 126 cm³/mol. The van der Waals surface area contributed by atoms with Crippen LogP contribution in [0, 0.1) is 5.41 Å². The molecule has 0 fully saturated rings. The highest BCUT2D eigenvalue weighted by Gasteiger charge is 2.35. The number of fused-ring (bicyclic) bond motifs is 3. The third-order valence-corrected chi connectivity index (χ3v) is 6.29. The summed E-state index contributed by atoms with van der Waals surface area (Å²) in [7, 11) is 0. The Kier molecular flexibility index (Phi) is 4.11. The fourth-order valence-corrected chi connectivity index (χ4v) is 4.63. The van der Waals surface area contributed by atoms with Gasteiger partial charge in [-0.3, -0.25) is 5.41 Å². The number of hydrogen-bond donors (Lipinski definition) is 2. The third-order valence-electron chi connectivity index (χ3n) is 6.29. The number of nitrogens with one attached hydrogen (secondary N) is 1. The van der Waals surface area contributed by atoms with Gasteiger partial charge in [0.25, 0.3) is 0 Å². The van der Waals surface area contributed by atoms with E-state index in [1.807, 2.05) is 18.2 Å². The normalized spacial score (nSPS) is 13.5. The van der Waals surface area contributed by atoms with E-state index in [1.54, 1.807) is 0 Å². The molecule has 3 N–H and O–H groups in total. The van der Waals surface area contributed by atoms with Crippen molar-refractivity contribution >= 4 is 5.84 Å². The molecule has 0 saturated heterocycles. The summed E-state index contributed by atoms with van der Waals surface area (Å²) < 4.78 is 0. The highest BCUT2D eigenvalue weighted by molar-refractivity contribution is 5.96. The zero-order valence-electron chi connectivity index (χ0n) is 17.2. The van der Waals surface area contributed by atoms with Crippen molar-refractivity contribution in [3.8, 4) is 33.4 Å². The van der Waals surface area contributed by atoms with E-state index in [-0.39, 0.29) is 11.3 Å². The van der Waals surface area contributed by atoms with Crippen LogP contribution in [-0.4, -0.2) is 5.84 Å². The molecule has 1 aliphatic carbocycles. The molecule has 4 aromatic rings. The van der Waals surface area contributed by atoms with Crippen LogP contribution in [0.15, 0.2) is 91.0 Å². The molecule has 2 heteroatoms. The molecule has 0 radical (unpaired) electrons. The topological polar surface area (TPSA) is 49.9 Å². The van der Waals surface area contributed by atoms with E-state index in [9.17, 15) is 0 Å². The Labute approximate surface area is 177 Å². The molecule has 4 aromatic carbocycles. The van der Waals surface area contributed by atoms with E-state index in [0.29, 0.717) is 0 Å². The minimum absolute atomic E-state index is 0.00460. The largest absolute Gasteiger partial charge is 0.384 e. The van der Waals surface area contributed by atoms with Gasteiger partial charge in [-0.2, -0.15) is 0 Å². The Morgan fingerprint density at radius 2 is 1.23 bits per heavy atom. The fraction of sp³-hybridized carbons (Fsp3) is 0.107. The van der Waals surface area contributed by atoms with E-state index < -0.39 is 0 Å². The molecule has 0 unspecified atom stereocenters. The van der Waals surface area contributed by atoms with Gasteiger partial charge < -0.3 is 5.73 Å². The molecule has 0 saturated carbocycles. The fourth-order valence-electron chi connectivity index (χ4n) is 4.63. The number of hydrogen-bond acceptors (Lipinski definition) is 1. The number of amidine groups is 1. The standard InChI is InChI=1S/C28H24N2/c1-28(2)25-12-4-3-11-23(25)24-14-13-21(17-26(24)28)19-8-5-7-18(15-19)20-9-6-10-22(16-20)27(29)30/h3-17H,1-2H3,(H3,29,30). The number of rotatable bonds is 3. The van der Waals surface area contributed by atoms with Crippen LogP contribution < -0.4 is 5.73 Å². The van der Waals surface area contributed by atoms with Gasteiger partial charge in [-0.15, -0.1) is 0 Å². The summed E-state index contributed by atoms with van der Waals surface area (Å²) in [5, 5.41) is 7.71. The number of nitrogens with two attached hydrogens (primary N) is 1. The Hall–Kier alpha value is -3.65. The van der Waals surface area contributed by atoms with Gasteiger partial charge in [0.15, 0.2) is 0 Å². The quantitative estimate of drug-likeness (QED) is 0.301. The number of nitrogen functional groups attached to an aromatic ring is 1. The molecule has 0 spiro atoms. The average Bonchev–Trinajstić information content (AvgIpc) is 3.01. The van der Waals surface area contributed by atoms with E-state index >= 15 is 0 Å². The molecular formula is C28H24N2. The van der Waals surface area contributed by atoms with Gasteiger partial charge in [0.05, 0.1) is 0 Å². The molecule has 146 valence electrons. The zero-order chi connectivity index (χ0) is 20.9. The molecule has 0 atom stereocenters. The Balaban J connectivity index is 1.59. The third kappa shape index (κ3) is 2.84. The molecule has 0 aliphatic heterocycles. The van der Waals surface area contributed by atoms with Crippen molar-refractivity contribution in [1.82, 2.24) is 0 Å². The van der Waals surface area contributed by atoms with Crippen molar-refractivity contribution < 1.29 is 0 Å². The van der Waals surface area contributed by atoms with Crippen molar-refractivity contribution in [3.63, 3.8) is 0 Å². The predicted octanol–water partition coefficient (Wildman–Crippen LogP) is 6.61. The first-order chi connectivity index (χ1) is 14.4. The van der Waals surface area contributed by atoms with Gasteiger partial charge in [0.1, 0.15) is 5.84 Å². The van der Waals surface area contributed by atoms with Crippen LogP contribution in [-0.2, 0) is 5.41 Å². The lowest BCUT2D eigenvalue weighted by Crippen LogP contribution is -2.14. The van der Waals surface area contributed by atoms with Gasteiger partial charge in [-0.05, 0) is 62.7 Å². The van der Waals surface area contributed by atoms with Crippen molar-refractivity contribution in [2.24, 2.45) is 5.73 Å². The lowest BCUT2D eigenvalue weighted by Gasteiger charge is -2.22. The van der Waals surface area contributed by atoms with Gasteiger partial charge in [-0.25, -0.2) is 0 Å². The van der Waals surface area contributed by atoms with Crippen molar-refractivity contribution in [2.45, 2.75) is 19.3 Å². The maximum Gasteiger partial charge on any atom is 0.122 e. The summed E-state index contributed by atoms with van der Waals surface area (Å²) in [5.41, 5.74) is 16.5. The van der Waals surface area contributed by atoms with Crippen LogP contribution in [0.25, 0.3) is 33.4 Å².